The van der Waals surface area contributed by atoms with Crippen molar-refractivity contribution in [2.45, 2.75) is 0 Å². The Balaban J connectivity index is 2.45. The highest BCUT2D eigenvalue weighted by Gasteiger charge is 2.06. The van der Waals surface area contributed by atoms with E-state index in [9.17, 15) is 4.79 Å². The molecule has 0 atom stereocenters. The van der Waals surface area contributed by atoms with Gasteiger partial charge in [-0.2, -0.15) is 4.99 Å². The van der Waals surface area contributed by atoms with Crippen molar-refractivity contribution in [3.63, 3.8) is 0 Å². The lowest BCUT2D eigenvalue weighted by Crippen LogP contribution is -1.90. The van der Waals surface area contributed by atoms with Gasteiger partial charge in [0.15, 0.2) is 0 Å². The smallest absolute Gasteiger partial charge is 0.240 e. The zero-order valence-corrected chi connectivity index (χ0v) is 11.0. The first-order valence-corrected chi connectivity index (χ1v) is 5.98. The normalized spacial score (nSPS) is 9.84. The van der Waals surface area contributed by atoms with Crippen LogP contribution in [-0.4, -0.2) is 11.3 Å². The van der Waals surface area contributed by atoms with Crippen LogP contribution in [0.5, 0.6) is 0 Å². The van der Waals surface area contributed by atoms with E-state index < -0.39 is 0 Å². The second-order valence-corrected chi connectivity index (χ2v) is 4.49. The van der Waals surface area contributed by atoms with E-state index >= 15 is 0 Å². The molecule has 0 unspecified atom stereocenters. The molecule has 0 heterocycles. The number of hydrogen-bond acceptors (Lipinski definition) is 4. The van der Waals surface area contributed by atoms with Gasteiger partial charge in [-0.3, -0.25) is 10.7 Å². The van der Waals surface area contributed by atoms with E-state index in [1.54, 1.807) is 36.4 Å². The first-order valence-electron chi connectivity index (χ1n) is 5.23. The molecule has 0 saturated carbocycles. The van der Waals surface area contributed by atoms with E-state index in [1.807, 2.05) is 5.48 Å². The van der Waals surface area contributed by atoms with Gasteiger partial charge in [-0.25, -0.2) is 4.79 Å². The van der Waals surface area contributed by atoms with Crippen LogP contribution in [0.15, 0.2) is 41.4 Å². The summed E-state index contributed by atoms with van der Waals surface area (Å²) in [6, 6.07) is 10.2. The molecule has 2 aromatic rings. The van der Waals surface area contributed by atoms with Crippen LogP contribution < -0.4 is 5.48 Å². The molecule has 0 aromatic heterocycles. The fraction of sp³-hybridized carbons (Fsp3) is 0. The molecule has 2 N–H and O–H groups in total. The summed E-state index contributed by atoms with van der Waals surface area (Å²) in [5, 5.41) is 9.54. The van der Waals surface area contributed by atoms with Crippen LogP contribution in [0.1, 0.15) is 0 Å². The largest absolute Gasteiger partial charge is 0.291 e. The number of hydrogen-bond donors (Lipinski definition) is 2. The summed E-state index contributed by atoms with van der Waals surface area (Å²) in [4.78, 5) is 13.7. The quantitative estimate of drug-likeness (QED) is 0.500. The highest BCUT2D eigenvalue weighted by atomic mass is 35.5. The van der Waals surface area contributed by atoms with Crippen LogP contribution in [0, 0.1) is 0 Å². The molecule has 2 aromatic carbocycles. The minimum Gasteiger partial charge on any atom is -0.291 e. The maximum absolute atomic E-state index is 10.2. The third-order valence-corrected chi connectivity index (χ3v) is 3.15. The van der Waals surface area contributed by atoms with E-state index in [-0.39, 0.29) is 0 Å². The number of isocyanates is 1. The highest BCUT2D eigenvalue weighted by Crippen LogP contribution is 2.33. The Bertz CT molecular complexity index is 668. The van der Waals surface area contributed by atoms with Gasteiger partial charge in [-0.1, -0.05) is 35.3 Å². The van der Waals surface area contributed by atoms with Crippen molar-refractivity contribution in [1.29, 1.82) is 0 Å². The average Bonchev–Trinajstić information content (AvgIpc) is 2.41. The monoisotopic (exact) mass is 294 g/mol. The summed E-state index contributed by atoms with van der Waals surface area (Å²) in [5.74, 6) is 0. The lowest BCUT2D eigenvalue weighted by atomic mass is 10.0. The van der Waals surface area contributed by atoms with Gasteiger partial charge < -0.3 is 0 Å². The molecule has 0 fully saturated rings. The molecular formula is C13H8Cl2N2O2. The molecule has 6 heteroatoms. The summed E-state index contributed by atoms with van der Waals surface area (Å²) < 4.78 is 0. The van der Waals surface area contributed by atoms with E-state index in [4.69, 9.17) is 28.4 Å². The van der Waals surface area contributed by atoms with Crippen LogP contribution in [0.25, 0.3) is 11.1 Å². The molecule has 96 valence electrons. The summed E-state index contributed by atoms with van der Waals surface area (Å²) in [5.41, 5.74) is 4.42. The van der Waals surface area contributed by atoms with Crippen molar-refractivity contribution in [3.8, 4) is 11.1 Å². The van der Waals surface area contributed by atoms with Gasteiger partial charge in [0.1, 0.15) is 0 Å². The first kappa shape index (κ1) is 13.6. The second-order valence-electron chi connectivity index (χ2n) is 3.68. The average molecular weight is 295 g/mol. The number of aliphatic imine (C=N–C) groups is 1. The summed E-state index contributed by atoms with van der Waals surface area (Å²) >= 11 is 12.0. The molecule has 0 aliphatic heterocycles. The molecule has 19 heavy (non-hydrogen) atoms. The van der Waals surface area contributed by atoms with Gasteiger partial charge in [0.25, 0.3) is 0 Å². The van der Waals surface area contributed by atoms with Crippen molar-refractivity contribution in [2.24, 2.45) is 4.99 Å². The standard InChI is InChI=1S/C13H8Cl2N2O2/c14-10-5-8(1-3-12(10)16-7-18)9-2-4-13(17-19)11(15)6-9/h1-6,17,19H. The Morgan fingerprint density at radius 1 is 1.05 bits per heavy atom. The topological polar surface area (TPSA) is 61.7 Å². The Labute approximate surface area is 119 Å². The van der Waals surface area contributed by atoms with Crippen LogP contribution in [-0.2, 0) is 4.79 Å². The number of nitrogens with one attached hydrogen (secondary N) is 1. The molecule has 0 bridgehead atoms. The van der Waals surface area contributed by atoms with Gasteiger partial charge in [0.2, 0.25) is 6.08 Å². The molecule has 0 aliphatic rings. The van der Waals surface area contributed by atoms with Crippen LogP contribution in [0.4, 0.5) is 11.4 Å². The van der Waals surface area contributed by atoms with Crippen LogP contribution in [0.2, 0.25) is 10.0 Å². The minimum absolute atomic E-state index is 0.348. The maximum Gasteiger partial charge on any atom is 0.240 e. The maximum atomic E-state index is 10.2. The Hall–Kier alpha value is -1.84. The van der Waals surface area contributed by atoms with Gasteiger partial charge in [-0.05, 0) is 35.4 Å². The van der Waals surface area contributed by atoms with Gasteiger partial charge >= 0.3 is 0 Å². The number of carbonyl (C=O) groups excluding carboxylic acids is 1. The van der Waals surface area contributed by atoms with Crippen molar-refractivity contribution >= 4 is 40.7 Å². The second kappa shape index (κ2) is 5.87. The zero-order valence-electron chi connectivity index (χ0n) is 9.52. The Morgan fingerprint density at radius 2 is 1.68 bits per heavy atom. The number of anilines is 1. The van der Waals surface area contributed by atoms with Crippen LogP contribution in [0.3, 0.4) is 0 Å². The summed E-state index contributed by atoms with van der Waals surface area (Å²) in [6.45, 7) is 0. The number of nitrogens with zero attached hydrogens (tertiary/aromatic N) is 1. The first-order chi connectivity index (χ1) is 9.15. The number of halogens is 2. The SMILES string of the molecule is O=C=Nc1ccc(-c2ccc(NO)c(Cl)c2)cc1Cl. The van der Waals surface area contributed by atoms with E-state index in [2.05, 4.69) is 4.99 Å². The third kappa shape index (κ3) is 2.95. The van der Waals surface area contributed by atoms with Crippen LogP contribution >= 0.6 is 23.2 Å². The molecule has 0 spiro atoms. The number of rotatable bonds is 3. The number of benzene rings is 2. The molecule has 0 radical (unpaired) electrons. The Morgan fingerprint density at radius 3 is 2.21 bits per heavy atom. The van der Waals surface area contributed by atoms with Crippen molar-refractivity contribution in [2.75, 3.05) is 5.48 Å². The van der Waals surface area contributed by atoms with E-state index in [0.29, 0.717) is 21.4 Å². The van der Waals surface area contributed by atoms with Crippen molar-refractivity contribution < 1.29 is 10.0 Å². The molecule has 4 nitrogen and oxygen atoms in total. The van der Waals surface area contributed by atoms with Gasteiger partial charge in [0, 0.05) is 0 Å². The summed E-state index contributed by atoms with van der Waals surface area (Å²) in [6.07, 6.45) is 1.44. The fourth-order valence-corrected chi connectivity index (χ4v) is 2.06. The lowest BCUT2D eigenvalue weighted by molar-refractivity contribution is 0.389. The zero-order chi connectivity index (χ0) is 13.8. The summed E-state index contributed by atoms with van der Waals surface area (Å²) in [7, 11) is 0. The molecule has 0 aliphatic carbocycles. The highest BCUT2D eigenvalue weighted by molar-refractivity contribution is 6.34. The van der Waals surface area contributed by atoms with E-state index in [1.165, 1.54) is 6.08 Å². The van der Waals surface area contributed by atoms with Crippen molar-refractivity contribution in [3.05, 3.63) is 46.4 Å². The van der Waals surface area contributed by atoms with Gasteiger partial charge in [0.05, 0.1) is 21.4 Å². The third-order valence-electron chi connectivity index (χ3n) is 2.54. The predicted molar refractivity (Wildman–Crippen MR) is 75.1 cm³/mol. The fourth-order valence-electron chi connectivity index (χ4n) is 1.61. The molecule has 0 saturated heterocycles. The predicted octanol–water partition coefficient (Wildman–Crippen LogP) is 4.43. The van der Waals surface area contributed by atoms with Gasteiger partial charge in [-0.15, -0.1) is 0 Å². The molecule has 2 rings (SSSR count). The van der Waals surface area contributed by atoms with Crippen molar-refractivity contribution in [1.82, 2.24) is 0 Å². The lowest BCUT2D eigenvalue weighted by Gasteiger charge is -2.07. The molecular weight excluding hydrogens is 287 g/mol. The Kier molecular flexibility index (Phi) is 4.20. The minimum atomic E-state index is 0.348. The molecule has 0 amide bonds. The van der Waals surface area contributed by atoms with E-state index in [0.717, 1.165) is 11.1 Å².